The van der Waals surface area contributed by atoms with E-state index in [-0.39, 0.29) is 5.82 Å². The van der Waals surface area contributed by atoms with E-state index in [1.54, 1.807) is 16.9 Å². The summed E-state index contributed by atoms with van der Waals surface area (Å²) in [6, 6.07) is 4.52. The van der Waals surface area contributed by atoms with Crippen molar-refractivity contribution in [1.82, 2.24) is 9.78 Å². The van der Waals surface area contributed by atoms with E-state index in [1.165, 1.54) is 12.1 Å². The molecule has 0 saturated heterocycles. The van der Waals surface area contributed by atoms with Gasteiger partial charge in [-0.2, -0.15) is 5.10 Å². The molecule has 0 radical (unpaired) electrons. The Morgan fingerprint density at radius 3 is 2.80 bits per heavy atom. The first-order valence-corrected chi connectivity index (χ1v) is 4.67. The molecule has 1 heterocycles. The summed E-state index contributed by atoms with van der Waals surface area (Å²) in [5.74, 6) is -0.311. The van der Waals surface area contributed by atoms with Gasteiger partial charge in [-0.05, 0) is 36.2 Å². The molecule has 0 aliphatic carbocycles. The highest BCUT2D eigenvalue weighted by molar-refractivity contribution is 5.41. The standard InChI is InChI=1S/C11H12FN3/c1-8-5-14-15(6-8)7-9-2-10(12)4-11(13)3-9/h2-6H,7,13H2,1H3. The summed E-state index contributed by atoms with van der Waals surface area (Å²) in [7, 11) is 0. The van der Waals surface area contributed by atoms with Crippen molar-refractivity contribution >= 4 is 5.69 Å². The molecule has 0 amide bonds. The van der Waals surface area contributed by atoms with Crippen LogP contribution in [0.3, 0.4) is 0 Å². The molecule has 0 spiro atoms. The van der Waals surface area contributed by atoms with Gasteiger partial charge in [0.1, 0.15) is 5.82 Å². The van der Waals surface area contributed by atoms with Gasteiger partial charge in [0, 0.05) is 11.9 Å². The summed E-state index contributed by atoms with van der Waals surface area (Å²) >= 11 is 0. The first-order chi connectivity index (χ1) is 7.13. The predicted molar refractivity (Wildman–Crippen MR) is 56.9 cm³/mol. The Bertz CT molecular complexity index is 456. The van der Waals surface area contributed by atoms with Gasteiger partial charge in [-0.3, -0.25) is 4.68 Å². The summed E-state index contributed by atoms with van der Waals surface area (Å²) in [5.41, 5.74) is 7.89. The number of rotatable bonds is 2. The van der Waals surface area contributed by atoms with Crippen molar-refractivity contribution in [2.24, 2.45) is 0 Å². The maximum Gasteiger partial charge on any atom is 0.125 e. The quantitative estimate of drug-likeness (QED) is 0.761. The highest BCUT2D eigenvalue weighted by Gasteiger charge is 2.00. The number of nitrogens with zero attached hydrogens (tertiary/aromatic N) is 2. The van der Waals surface area contributed by atoms with Crippen LogP contribution >= 0.6 is 0 Å². The van der Waals surface area contributed by atoms with Crippen molar-refractivity contribution in [3.05, 3.63) is 47.5 Å². The summed E-state index contributed by atoms with van der Waals surface area (Å²) in [6.07, 6.45) is 3.67. The van der Waals surface area contributed by atoms with Gasteiger partial charge in [0.05, 0.1) is 12.7 Å². The molecule has 0 unspecified atom stereocenters. The second-order valence-corrected chi connectivity index (χ2v) is 3.61. The summed E-state index contributed by atoms with van der Waals surface area (Å²) < 4.78 is 14.8. The first-order valence-electron chi connectivity index (χ1n) is 4.67. The maximum atomic E-state index is 13.0. The highest BCUT2D eigenvalue weighted by Crippen LogP contribution is 2.12. The van der Waals surface area contributed by atoms with Crippen LogP contribution in [0.4, 0.5) is 10.1 Å². The van der Waals surface area contributed by atoms with E-state index in [4.69, 9.17) is 5.73 Å². The third-order valence-corrected chi connectivity index (χ3v) is 2.09. The van der Waals surface area contributed by atoms with Crippen LogP contribution in [0.15, 0.2) is 30.6 Å². The van der Waals surface area contributed by atoms with Crippen LogP contribution in [-0.2, 0) is 6.54 Å². The van der Waals surface area contributed by atoms with Crippen molar-refractivity contribution in [3.63, 3.8) is 0 Å². The molecule has 78 valence electrons. The van der Waals surface area contributed by atoms with E-state index >= 15 is 0 Å². The predicted octanol–water partition coefficient (Wildman–Crippen LogP) is 1.96. The van der Waals surface area contributed by atoms with Gasteiger partial charge in [0.2, 0.25) is 0 Å². The molecule has 1 aromatic heterocycles. The molecule has 0 aliphatic heterocycles. The number of hydrogen-bond acceptors (Lipinski definition) is 2. The number of nitrogens with two attached hydrogens (primary N) is 1. The molecular formula is C11H12FN3. The van der Waals surface area contributed by atoms with Crippen molar-refractivity contribution in [2.75, 3.05) is 5.73 Å². The van der Waals surface area contributed by atoms with Crippen molar-refractivity contribution in [1.29, 1.82) is 0 Å². The molecule has 15 heavy (non-hydrogen) atoms. The Morgan fingerprint density at radius 1 is 1.40 bits per heavy atom. The van der Waals surface area contributed by atoms with Gasteiger partial charge in [-0.15, -0.1) is 0 Å². The molecule has 2 N–H and O–H groups in total. The Hall–Kier alpha value is -1.84. The zero-order chi connectivity index (χ0) is 10.8. The zero-order valence-corrected chi connectivity index (χ0v) is 8.44. The minimum Gasteiger partial charge on any atom is -0.399 e. The lowest BCUT2D eigenvalue weighted by atomic mass is 10.2. The number of aryl methyl sites for hydroxylation is 1. The number of nitrogen functional groups attached to an aromatic ring is 1. The fourth-order valence-electron chi connectivity index (χ4n) is 1.51. The Kier molecular flexibility index (Phi) is 2.41. The molecular weight excluding hydrogens is 193 g/mol. The lowest BCUT2D eigenvalue weighted by Gasteiger charge is -2.03. The summed E-state index contributed by atoms with van der Waals surface area (Å²) in [6.45, 7) is 2.50. The average Bonchev–Trinajstić information content (AvgIpc) is 2.49. The fraction of sp³-hybridized carbons (Fsp3) is 0.182. The van der Waals surface area contributed by atoms with Gasteiger partial charge in [-0.1, -0.05) is 0 Å². The minimum atomic E-state index is -0.311. The fourth-order valence-corrected chi connectivity index (χ4v) is 1.51. The molecule has 2 rings (SSSR count). The van der Waals surface area contributed by atoms with Gasteiger partial charge in [-0.25, -0.2) is 4.39 Å². The van der Waals surface area contributed by atoms with Crippen LogP contribution in [0.25, 0.3) is 0 Å². The number of hydrogen-bond donors (Lipinski definition) is 1. The van der Waals surface area contributed by atoms with E-state index < -0.39 is 0 Å². The topological polar surface area (TPSA) is 43.8 Å². The molecule has 2 aromatic rings. The van der Waals surface area contributed by atoms with Crippen LogP contribution in [0.1, 0.15) is 11.1 Å². The number of benzene rings is 1. The second-order valence-electron chi connectivity index (χ2n) is 3.61. The Morgan fingerprint density at radius 2 is 2.20 bits per heavy atom. The van der Waals surface area contributed by atoms with Gasteiger partial charge in [0.25, 0.3) is 0 Å². The van der Waals surface area contributed by atoms with Crippen molar-refractivity contribution in [3.8, 4) is 0 Å². The van der Waals surface area contributed by atoms with Crippen LogP contribution in [-0.4, -0.2) is 9.78 Å². The summed E-state index contributed by atoms with van der Waals surface area (Å²) in [4.78, 5) is 0. The molecule has 4 heteroatoms. The third kappa shape index (κ3) is 2.34. The van der Waals surface area contributed by atoms with E-state index in [9.17, 15) is 4.39 Å². The Labute approximate surface area is 87.3 Å². The smallest absolute Gasteiger partial charge is 0.125 e. The van der Waals surface area contributed by atoms with Gasteiger partial charge < -0.3 is 5.73 Å². The summed E-state index contributed by atoms with van der Waals surface area (Å²) in [5, 5.41) is 4.12. The minimum absolute atomic E-state index is 0.311. The van der Waals surface area contributed by atoms with Crippen LogP contribution in [0.5, 0.6) is 0 Å². The van der Waals surface area contributed by atoms with Crippen molar-refractivity contribution < 1.29 is 4.39 Å². The highest BCUT2D eigenvalue weighted by atomic mass is 19.1. The lowest BCUT2D eigenvalue weighted by Crippen LogP contribution is -2.01. The van der Waals surface area contributed by atoms with Crippen LogP contribution in [0.2, 0.25) is 0 Å². The molecule has 3 nitrogen and oxygen atoms in total. The largest absolute Gasteiger partial charge is 0.399 e. The number of anilines is 1. The second kappa shape index (κ2) is 3.73. The van der Waals surface area contributed by atoms with Gasteiger partial charge >= 0.3 is 0 Å². The SMILES string of the molecule is Cc1cnn(Cc2cc(N)cc(F)c2)c1. The zero-order valence-electron chi connectivity index (χ0n) is 8.44. The molecule has 0 atom stereocenters. The van der Waals surface area contributed by atoms with Crippen molar-refractivity contribution in [2.45, 2.75) is 13.5 Å². The molecule has 0 aliphatic rings. The molecule has 0 fully saturated rings. The Balaban J connectivity index is 2.24. The van der Waals surface area contributed by atoms with Gasteiger partial charge in [0.15, 0.2) is 0 Å². The molecule has 0 bridgehead atoms. The van der Waals surface area contributed by atoms with E-state index in [0.717, 1.165) is 11.1 Å². The molecule has 0 saturated carbocycles. The lowest BCUT2D eigenvalue weighted by molar-refractivity contribution is 0.620. The molecule has 1 aromatic carbocycles. The third-order valence-electron chi connectivity index (χ3n) is 2.09. The number of halogens is 1. The maximum absolute atomic E-state index is 13.0. The normalized spacial score (nSPS) is 10.5. The van der Waals surface area contributed by atoms with E-state index in [0.29, 0.717) is 12.2 Å². The number of aromatic nitrogens is 2. The van der Waals surface area contributed by atoms with Crippen LogP contribution < -0.4 is 5.73 Å². The van der Waals surface area contributed by atoms with E-state index in [1.807, 2.05) is 13.1 Å². The first kappa shape index (κ1) is 9.71. The average molecular weight is 205 g/mol. The van der Waals surface area contributed by atoms with E-state index in [2.05, 4.69) is 5.10 Å². The van der Waals surface area contributed by atoms with Crippen LogP contribution in [0, 0.1) is 12.7 Å². The monoisotopic (exact) mass is 205 g/mol.